The Morgan fingerprint density at radius 1 is 1.20 bits per heavy atom. The molecule has 0 aliphatic carbocycles. The average Bonchev–Trinajstić information content (AvgIpc) is 3.07. The van der Waals surface area contributed by atoms with Crippen LogP contribution in [0.5, 0.6) is 11.5 Å². The van der Waals surface area contributed by atoms with E-state index in [-0.39, 0.29) is 5.41 Å². The smallest absolute Gasteiger partial charge is 0.232 e. The summed E-state index contributed by atoms with van der Waals surface area (Å²) in [6, 6.07) is 5.53. The normalized spacial score (nSPS) is 12.0. The zero-order chi connectivity index (χ0) is 18.4. The molecule has 0 fully saturated rings. The molecule has 0 aliphatic rings. The number of hydrogen-bond donors (Lipinski definition) is 2. The van der Waals surface area contributed by atoms with Crippen LogP contribution in [0.3, 0.4) is 0 Å². The molecule has 0 radical (unpaired) electrons. The van der Waals surface area contributed by atoms with E-state index < -0.39 is 0 Å². The Morgan fingerprint density at radius 3 is 2.48 bits per heavy atom. The van der Waals surface area contributed by atoms with Gasteiger partial charge in [-0.05, 0) is 12.1 Å². The van der Waals surface area contributed by atoms with E-state index in [1.165, 1.54) is 0 Å². The van der Waals surface area contributed by atoms with Crippen molar-refractivity contribution in [2.75, 3.05) is 26.6 Å². The summed E-state index contributed by atoms with van der Waals surface area (Å²) in [5.41, 5.74) is 0.638. The van der Waals surface area contributed by atoms with Crippen molar-refractivity contribution in [2.24, 2.45) is 4.99 Å². The molecular formula is C17H25N5O3. The Balaban J connectivity index is 2.00. The number of rotatable bonds is 5. The van der Waals surface area contributed by atoms with Crippen molar-refractivity contribution in [3.8, 4) is 11.5 Å². The lowest BCUT2D eigenvalue weighted by Gasteiger charge is -2.13. The molecule has 2 aromatic rings. The molecule has 25 heavy (non-hydrogen) atoms. The Hall–Kier alpha value is -2.77. The Morgan fingerprint density at radius 2 is 1.92 bits per heavy atom. The van der Waals surface area contributed by atoms with Gasteiger partial charge in [-0.3, -0.25) is 4.99 Å². The van der Waals surface area contributed by atoms with Gasteiger partial charge in [0.2, 0.25) is 5.89 Å². The van der Waals surface area contributed by atoms with Gasteiger partial charge < -0.3 is 24.6 Å². The van der Waals surface area contributed by atoms with Crippen LogP contribution >= 0.6 is 0 Å². The van der Waals surface area contributed by atoms with Crippen molar-refractivity contribution in [3.63, 3.8) is 0 Å². The summed E-state index contributed by atoms with van der Waals surface area (Å²) < 4.78 is 15.8. The summed E-state index contributed by atoms with van der Waals surface area (Å²) in [7, 11) is 4.88. The van der Waals surface area contributed by atoms with Gasteiger partial charge >= 0.3 is 0 Å². The molecule has 2 rings (SSSR count). The molecule has 0 amide bonds. The van der Waals surface area contributed by atoms with E-state index in [0.29, 0.717) is 35.7 Å². The van der Waals surface area contributed by atoms with Crippen molar-refractivity contribution in [2.45, 2.75) is 32.7 Å². The van der Waals surface area contributed by atoms with E-state index in [4.69, 9.17) is 14.0 Å². The van der Waals surface area contributed by atoms with Crippen LogP contribution in [-0.4, -0.2) is 37.4 Å². The predicted molar refractivity (Wildman–Crippen MR) is 96.4 cm³/mol. The number of nitrogens with one attached hydrogen (secondary N) is 2. The average molecular weight is 347 g/mol. The summed E-state index contributed by atoms with van der Waals surface area (Å²) >= 11 is 0. The van der Waals surface area contributed by atoms with Crippen LogP contribution < -0.4 is 20.1 Å². The van der Waals surface area contributed by atoms with Gasteiger partial charge in [0, 0.05) is 24.2 Å². The second-order valence-electron chi connectivity index (χ2n) is 6.39. The Labute approximate surface area is 147 Å². The minimum absolute atomic E-state index is 0.176. The first-order valence-electron chi connectivity index (χ1n) is 7.90. The molecule has 136 valence electrons. The van der Waals surface area contributed by atoms with Crippen LogP contribution in [0.2, 0.25) is 0 Å². The fourth-order valence-corrected chi connectivity index (χ4v) is 2.02. The monoisotopic (exact) mass is 347 g/mol. The van der Waals surface area contributed by atoms with Crippen molar-refractivity contribution in [1.29, 1.82) is 0 Å². The van der Waals surface area contributed by atoms with Crippen LogP contribution in [0.4, 0.5) is 5.69 Å². The van der Waals surface area contributed by atoms with Crippen molar-refractivity contribution < 1.29 is 14.0 Å². The van der Waals surface area contributed by atoms with Crippen LogP contribution in [0.15, 0.2) is 27.7 Å². The lowest BCUT2D eigenvalue weighted by molar-refractivity contribution is 0.318. The Bertz CT molecular complexity index is 734. The van der Waals surface area contributed by atoms with Crippen LogP contribution in [-0.2, 0) is 12.0 Å². The van der Waals surface area contributed by atoms with Gasteiger partial charge in [-0.2, -0.15) is 4.98 Å². The van der Waals surface area contributed by atoms with Crippen molar-refractivity contribution in [1.82, 2.24) is 15.5 Å². The molecule has 1 aromatic heterocycles. The van der Waals surface area contributed by atoms with E-state index in [1.807, 2.05) is 39.0 Å². The third kappa shape index (κ3) is 4.85. The summed E-state index contributed by atoms with van der Waals surface area (Å²) in [5, 5.41) is 10.3. The van der Waals surface area contributed by atoms with Gasteiger partial charge in [-0.25, -0.2) is 0 Å². The fourth-order valence-electron chi connectivity index (χ4n) is 2.02. The highest BCUT2D eigenvalue weighted by Crippen LogP contribution is 2.29. The number of ether oxygens (including phenoxy) is 2. The lowest BCUT2D eigenvalue weighted by Crippen LogP contribution is -2.30. The second kappa shape index (κ2) is 7.87. The third-order valence-corrected chi connectivity index (χ3v) is 3.39. The molecule has 2 N–H and O–H groups in total. The molecular weight excluding hydrogens is 322 g/mol. The van der Waals surface area contributed by atoms with E-state index in [0.717, 1.165) is 5.69 Å². The van der Waals surface area contributed by atoms with Crippen molar-refractivity contribution in [3.05, 3.63) is 29.9 Å². The molecule has 0 bridgehead atoms. The highest BCUT2D eigenvalue weighted by Gasteiger charge is 2.21. The highest BCUT2D eigenvalue weighted by atomic mass is 16.5. The molecule has 8 nitrogen and oxygen atoms in total. The van der Waals surface area contributed by atoms with Gasteiger partial charge in [-0.15, -0.1) is 0 Å². The molecule has 1 heterocycles. The zero-order valence-electron chi connectivity index (χ0n) is 15.5. The standard InChI is InChI=1S/C17H25N5O3/c1-17(2,3)15-21-14(22-25-15)10-19-16(18-4)20-11-7-8-12(23-5)13(9-11)24-6/h7-9H,10H2,1-6H3,(H2,18,19,20). The maximum Gasteiger partial charge on any atom is 0.232 e. The van der Waals surface area contributed by atoms with Gasteiger partial charge in [0.1, 0.15) is 0 Å². The van der Waals surface area contributed by atoms with Gasteiger partial charge in [0.05, 0.1) is 20.8 Å². The first kappa shape index (κ1) is 18.6. The summed E-state index contributed by atoms with van der Waals surface area (Å²) in [4.78, 5) is 8.57. The van der Waals surface area contributed by atoms with Crippen molar-refractivity contribution >= 4 is 11.6 Å². The number of nitrogens with zero attached hydrogens (tertiary/aromatic N) is 3. The minimum Gasteiger partial charge on any atom is -0.493 e. The number of anilines is 1. The molecule has 0 saturated carbocycles. The number of aliphatic imine (C=N–C) groups is 1. The number of benzene rings is 1. The number of guanidine groups is 1. The molecule has 0 atom stereocenters. The van der Waals surface area contributed by atoms with E-state index in [9.17, 15) is 0 Å². The number of hydrogen-bond acceptors (Lipinski definition) is 6. The summed E-state index contributed by atoms with van der Waals surface area (Å²) in [5.74, 6) is 3.05. The largest absolute Gasteiger partial charge is 0.493 e. The van der Waals surface area contributed by atoms with E-state index >= 15 is 0 Å². The van der Waals surface area contributed by atoms with Gasteiger partial charge in [0.15, 0.2) is 23.3 Å². The van der Waals surface area contributed by atoms with Crippen LogP contribution in [0.1, 0.15) is 32.5 Å². The van der Waals surface area contributed by atoms with Crippen LogP contribution in [0.25, 0.3) is 0 Å². The summed E-state index contributed by atoms with van der Waals surface area (Å²) in [6.45, 7) is 6.46. The van der Waals surface area contributed by atoms with E-state index in [2.05, 4.69) is 25.8 Å². The number of methoxy groups -OCH3 is 2. The predicted octanol–water partition coefficient (Wildman–Crippen LogP) is 2.57. The third-order valence-electron chi connectivity index (χ3n) is 3.39. The lowest BCUT2D eigenvalue weighted by atomic mass is 9.97. The molecule has 0 spiro atoms. The SMILES string of the molecule is CN=C(NCc1noc(C(C)(C)C)n1)Nc1ccc(OC)c(OC)c1. The first-order chi connectivity index (χ1) is 11.9. The van der Waals surface area contributed by atoms with Gasteiger partial charge in [-0.1, -0.05) is 25.9 Å². The summed E-state index contributed by atoms with van der Waals surface area (Å²) in [6.07, 6.45) is 0. The highest BCUT2D eigenvalue weighted by molar-refractivity contribution is 5.93. The van der Waals surface area contributed by atoms with Crippen LogP contribution in [0, 0.1) is 0 Å². The molecule has 8 heteroatoms. The fraction of sp³-hybridized carbons (Fsp3) is 0.471. The zero-order valence-corrected chi connectivity index (χ0v) is 15.5. The van der Waals surface area contributed by atoms with E-state index in [1.54, 1.807) is 21.3 Å². The maximum absolute atomic E-state index is 5.30. The molecule has 0 saturated heterocycles. The maximum atomic E-state index is 5.30. The molecule has 0 unspecified atom stereocenters. The molecule has 1 aromatic carbocycles. The minimum atomic E-state index is -0.176. The topological polar surface area (TPSA) is 93.8 Å². The first-order valence-corrected chi connectivity index (χ1v) is 7.90. The molecule has 0 aliphatic heterocycles. The quantitative estimate of drug-likeness (QED) is 0.634. The number of aromatic nitrogens is 2. The van der Waals surface area contributed by atoms with Gasteiger partial charge in [0.25, 0.3) is 0 Å². The second-order valence-corrected chi connectivity index (χ2v) is 6.39. The Kier molecular flexibility index (Phi) is 5.84.